The van der Waals surface area contributed by atoms with Crippen LogP contribution in [0.25, 0.3) is 12.2 Å². The Labute approximate surface area is 205 Å². The molecule has 4 heteroatoms. The molecule has 0 aromatic heterocycles. The van der Waals surface area contributed by atoms with Crippen molar-refractivity contribution >= 4 is 18.1 Å². The predicted octanol–water partition coefficient (Wildman–Crippen LogP) is 7.87. The molecule has 2 aromatic carbocycles. The van der Waals surface area contributed by atoms with Gasteiger partial charge in [0.1, 0.15) is 11.5 Å². The van der Waals surface area contributed by atoms with Gasteiger partial charge in [0.2, 0.25) is 0 Å². The van der Waals surface area contributed by atoms with Crippen molar-refractivity contribution in [2.45, 2.75) is 84.0 Å². The smallest absolute Gasteiger partial charge is 0.335 e. The molecule has 184 valence electrons. The molecule has 1 N–H and O–H groups in total. The molecule has 0 fully saturated rings. The number of methoxy groups -OCH3 is 1. The largest absolute Gasteiger partial charge is 0.496 e. The fraction of sp³-hybridized carbons (Fsp3) is 0.500. The molecule has 0 heterocycles. The minimum atomic E-state index is -0.921. The van der Waals surface area contributed by atoms with Crippen LogP contribution in [-0.4, -0.2) is 24.8 Å². The summed E-state index contributed by atoms with van der Waals surface area (Å²) in [5.41, 5.74) is 4.81. The summed E-state index contributed by atoms with van der Waals surface area (Å²) >= 11 is 0. The van der Waals surface area contributed by atoms with E-state index >= 15 is 0 Å². The highest BCUT2D eigenvalue weighted by molar-refractivity contribution is 5.88. The third-order valence-electron chi connectivity index (χ3n) is 7.13. The lowest BCUT2D eigenvalue weighted by Gasteiger charge is -2.43. The van der Waals surface area contributed by atoms with Crippen molar-refractivity contribution in [3.63, 3.8) is 0 Å². The lowest BCUT2D eigenvalue weighted by atomic mass is 9.62. The van der Waals surface area contributed by atoms with E-state index in [1.807, 2.05) is 24.3 Å². The highest BCUT2D eigenvalue weighted by Gasteiger charge is 2.41. The minimum absolute atomic E-state index is 0.00159. The number of hydrogen-bond donors (Lipinski definition) is 1. The number of ether oxygens (including phenoxy) is 2. The average molecular weight is 465 g/mol. The molecule has 2 aromatic rings. The Balaban J connectivity index is 2.10. The Kier molecular flexibility index (Phi) is 8.12. The highest BCUT2D eigenvalue weighted by Crippen LogP contribution is 2.53. The first-order chi connectivity index (χ1) is 16.1. The summed E-state index contributed by atoms with van der Waals surface area (Å²) in [4.78, 5) is 11.2. The first-order valence-corrected chi connectivity index (χ1v) is 12.5. The fourth-order valence-corrected chi connectivity index (χ4v) is 4.84. The second kappa shape index (κ2) is 10.7. The van der Waals surface area contributed by atoms with Crippen LogP contribution in [0.15, 0.2) is 30.3 Å². The maximum Gasteiger partial charge on any atom is 0.335 e. The van der Waals surface area contributed by atoms with Crippen LogP contribution in [0.1, 0.15) is 106 Å². The quantitative estimate of drug-likeness (QED) is 0.287. The zero-order chi connectivity index (χ0) is 24.9. The second-order valence-corrected chi connectivity index (χ2v) is 10.7. The van der Waals surface area contributed by atoms with Gasteiger partial charge in [0, 0.05) is 5.56 Å². The number of fused-ring (bicyclic) bond motifs is 1. The van der Waals surface area contributed by atoms with Crippen LogP contribution in [-0.2, 0) is 10.8 Å². The van der Waals surface area contributed by atoms with E-state index in [1.54, 1.807) is 19.2 Å². The monoisotopic (exact) mass is 464 g/mol. The molecule has 0 atom stereocenters. The van der Waals surface area contributed by atoms with Gasteiger partial charge in [-0.3, -0.25) is 0 Å². The van der Waals surface area contributed by atoms with Crippen LogP contribution in [0.4, 0.5) is 0 Å². The molecular weight excluding hydrogens is 424 g/mol. The maximum absolute atomic E-state index is 11.2. The topological polar surface area (TPSA) is 55.8 Å². The molecule has 0 saturated heterocycles. The molecule has 0 radical (unpaired) electrons. The van der Waals surface area contributed by atoms with Gasteiger partial charge < -0.3 is 14.6 Å². The Hall–Kier alpha value is -2.75. The minimum Gasteiger partial charge on any atom is -0.496 e. The van der Waals surface area contributed by atoms with Crippen LogP contribution in [0.3, 0.4) is 0 Å². The number of unbranched alkanes of at least 4 members (excludes halogenated alkanes) is 3. The van der Waals surface area contributed by atoms with Crippen LogP contribution in [0.5, 0.6) is 11.5 Å². The third-order valence-corrected chi connectivity index (χ3v) is 7.13. The van der Waals surface area contributed by atoms with E-state index in [0.717, 1.165) is 41.9 Å². The standard InChI is InChI=1S/C30H40O4/c1-7-8-9-10-19-34-27-23(16-13-21-11-14-22(15-12-21)28(31)32)25(33-6)20-24-26(27)30(4,5)18-17-29(24,2)3/h11-16,20H,7-10,17-19H2,1-6H3,(H,31,32). The summed E-state index contributed by atoms with van der Waals surface area (Å²) in [5.74, 6) is 0.823. The van der Waals surface area contributed by atoms with Crippen molar-refractivity contribution in [3.05, 3.63) is 58.1 Å². The van der Waals surface area contributed by atoms with E-state index in [4.69, 9.17) is 9.47 Å². The summed E-state index contributed by atoms with van der Waals surface area (Å²) < 4.78 is 12.5. The second-order valence-electron chi connectivity index (χ2n) is 10.7. The first kappa shape index (κ1) is 25.9. The molecule has 0 unspecified atom stereocenters. The van der Waals surface area contributed by atoms with Crippen molar-refractivity contribution in [1.29, 1.82) is 0 Å². The van der Waals surface area contributed by atoms with Crippen molar-refractivity contribution in [2.75, 3.05) is 13.7 Å². The summed E-state index contributed by atoms with van der Waals surface area (Å²) in [5, 5.41) is 9.18. The van der Waals surface area contributed by atoms with E-state index in [1.165, 1.54) is 30.4 Å². The summed E-state index contributed by atoms with van der Waals surface area (Å²) in [6.07, 6.45) is 10.9. The van der Waals surface area contributed by atoms with Gasteiger partial charge in [0.05, 0.1) is 24.8 Å². The van der Waals surface area contributed by atoms with Crippen LogP contribution in [0, 0.1) is 0 Å². The van der Waals surface area contributed by atoms with E-state index in [0.29, 0.717) is 6.61 Å². The molecule has 0 saturated carbocycles. The maximum atomic E-state index is 11.2. The van der Waals surface area contributed by atoms with Crippen LogP contribution in [0.2, 0.25) is 0 Å². The van der Waals surface area contributed by atoms with Crippen molar-refractivity contribution < 1.29 is 19.4 Å². The van der Waals surface area contributed by atoms with Gasteiger partial charge in [-0.2, -0.15) is 0 Å². The Bertz CT molecular complexity index is 1030. The number of carboxylic acid groups (broad SMARTS) is 1. The zero-order valence-electron chi connectivity index (χ0n) is 21.7. The molecule has 4 nitrogen and oxygen atoms in total. The molecule has 0 aliphatic heterocycles. The van der Waals surface area contributed by atoms with Gasteiger partial charge in [-0.1, -0.05) is 72.1 Å². The molecule has 1 aliphatic rings. The van der Waals surface area contributed by atoms with Crippen molar-refractivity contribution in [1.82, 2.24) is 0 Å². The number of carbonyl (C=O) groups is 1. The van der Waals surface area contributed by atoms with Crippen molar-refractivity contribution in [2.24, 2.45) is 0 Å². The zero-order valence-corrected chi connectivity index (χ0v) is 21.7. The van der Waals surface area contributed by atoms with Gasteiger partial charge in [0.15, 0.2) is 0 Å². The third kappa shape index (κ3) is 5.65. The summed E-state index contributed by atoms with van der Waals surface area (Å²) in [6.45, 7) is 12.2. The molecule has 0 bridgehead atoms. The van der Waals surface area contributed by atoms with Gasteiger partial charge in [-0.25, -0.2) is 4.79 Å². The van der Waals surface area contributed by atoms with Gasteiger partial charge in [-0.15, -0.1) is 0 Å². The summed E-state index contributed by atoms with van der Waals surface area (Å²) in [7, 11) is 1.71. The number of carboxylic acids is 1. The average Bonchev–Trinajstić information content (AvgIpc) is 2.80. The molecule has 0 amide bonds. The Morgan fingerprint density at radius 1 is 1.00 bits per heavy atom. The molecular formula is C30H40O4. The predicted molar refractivity (Wildman–Crippen MR) is 140 cm³/mol. The normalized spacial score (nSPS) is 16.3. The fourth-order valence-electron chi connectivity index (χ4n) is 4.84. The number of hydrogen-bond acceptors (Lipinski definition) is 3. The molecule has 34 heavy (non-hydrogen) atoms. The van der Waals surface area contributed by atoms with Crippen LogP contribution >= 0.6 is 0 Å². The van der Waals surface area contributed by atoms with E-state index < -0.39 is 5.97 Å². The van der Waals surface area contributed by atoms with E-state index in [-0.39, 0.29) is 16.4 Å². The lowest BCUT2D eigenvalue weighted by Crippen LogP contribution is -2.34. The van der Waals surface area contributed by atoms with Crippen LogP contribution < -0.4 is 9.47 Å². The molecule has 3 rings (SSSR count). The highest BCUT2D eigenvalue weighted by atomic mass is 16.5. The van der Waals surface area contributed by atoms with E-state index in [9.17, 15) is 9.90 Å². The van der Waals surface area contributed by atoms with Gasteiger partial charge >= 0.3 is 5.97 Å². The van der Waals surface area contributed by atoms with Gasteiger partial charge in [-0.05, 0) is 65.5 Å². The lowest BCUT2D eigenvalue weighted by molar-refractivity contribution is 0.0697. The Morgan fingerprint density at radius 2 is 1.68 bits per heavy atom. The number of aromatic carboxylic acids is 1. The molecule has 1 aliphatic carbocycles. The first-order valence-electron chi connectivity index (χ1n) is 12.5. The Morgan fingerprint density at radius 3 is 2.29 bits per heavy atom. The number of rotatable bonds is 10. The molecule has 0 spiro atoms. The summed E-state index contributed by atoms with van der Waals surface area (Å²) in [6, 6.07) is 9.10. The SMILES string of the molecule is CCCCCCOc1c(C=Cc2ccc(C(=O)O)cc2)c(OC)cc2c1C(C)(C)CCC2(C)C. The van der Waals surface area contributed by atoms with Gasteiger partial charge in [0.25, 0.3) is 0 Å². The van der Waals surface area contributed by atoms with Crippen molar-refractivity contribution in [3.8, 4) is 11.5 Å². The van der Waals surface area contributed by atoms with E-state index in [2.05, 4.69) is 40.7 Å². The number of benzene rings is 2.